The fourth-order valence-electron chi connectivity index (χ4n) is 1.13. The molecule has 1 rings (SSSR count). The molecule has 0 atom stereocenters. The maximum absolute atomic E-state index is 11.4. The smallest absolute Gasteiger partial charge is 0.241 e. The highest BCUT2D eigenvalue weighted by molar-refractivity contribution is 7.99. The summed E-state index contributed by atoms with van der Waals surface area (Å²) in [6, 6.07) is 1.79. The molecule has 0 spiro atoms. The van der Waals surface area contributed by atoms with Crippen LogP contribution in [0.4, 0.5) is 0 Å². The Morgan fingerprint density at radius 1 is 1.50 bits per heavy atom. The van der Waals surface area contributed by atoms with E-state index in [9.17, 15) is 4.79 Å². The Morgan fingerprint density at radius 2 is 2.38 bits per heavy atom. The summed E-state index contributed by atoms with van der Waals surface area (Å²) in [6.45, 7) is 1.17. The van der Waals surface area contributed by atoms with Crippen LogP contribution < -0.4 is 5.32 Å². The number of carbonyl (C=O) groups is 1. The number of nitrogens with one attached hydrogen (secondary N) is 1. The van der Waals surface area contributed by atoms with Crippen LogP contribution in [-0.2, 0) is 11.3 Å². The van der Waals surface area contributed by atoms with Crippen LogP contribution in [0.25, 0.3) is 0 Å². The van der Waals surface area contributed by atoms with E-state index in [0.29, 0.717) is 6.54 Å². The molecule has 1 aromatic heterocycles. The van der Waals surface area contributed by atoms with Crippen LogP contribution >= 0.6 is 11.8 Å². The van der Waals surface area contributed by atoms with E-state index in [2.05, 4.69) is 10.4 Å². The third-order valence-corrected chi connectivity index (χ3v) is 2.95. The second-order valence-electron chi connectivity index (χ2n) is 3.24. The van der Waals surface area contributed by atoms with E-state index in [1.807, 2.05) is 0 Å². The summed E-state index contributed by atoms with van der Waals surface area (Å²) in [4.78, 5) is 11.4. The minimum Gasteiger partial charge on any atom is -0.396 e. The van der Waals surface area contributed by atoms with Crippen LogP contribution in [0, 0.1) is 0 Å². The topological polar surface area (TPSA) is 67.2 Å². The zero-order valence-electron chi connectivity index (χ0n) is 9.13. The van der Waals surface area contributed by atoms with Crippen LogP contribution in [0.15, 0.2) is 18.5 Å². The van der Waals surface area contributed by atoms with Crippen molar-refractivity contribution in [2.75, 3.05) is 24.7 Å². The number of hydrogen-bond acceptors (Lipinski definition) is 4. The Labute approximate surface area is 99.2 Å². The monoisotopic (exact) mass is 243 g/mol. The highest BCUT2D eigenvalue weighted by Crippen LogP contribution is 1.99. The molecular formula is C10H17N3O2S. The lowest BCUT2D eigenvalue weighted by Gasteiger charge is -2.04. The first-order valence-corrected chi connectivity index (χ1v) is 6.41. The number of hydrogen-bond donors (Lipinski definition) is 2. The van der Waals surface area contributed by atoms with Gasteiger partial charge in [-0.3, -0.25) is 9.48 Å². The van der Waals surface area contributed by atoms with Crippen LogP contribution in [0.3, 0.4) is 0 Å². The average molecular weight is 243 g/mol. The molecule has 2 N–H and O–H groups in total. The van der Waals surface area contributed by atoms with E-state index in [0.717, 1.165) is 17.9 Å². The lowest BCUT2D eigenvalue weighted by Crippen LogP contribution is -2.29. The number of aliphatic hydroxyl groups excluding tert-OH is 1. The Bertz CT molecular complexity index is 290. The SMILES string of the molecule is O=C(Cn1cccn1)NCCSCCCO. The summed E-state index contributed by atoms with van der Waals surface area (Å²) in [5, 5.41) is 15.3. The van der Waals surface area contributed by atoms with Gasteiger partial charge in [0.1, 0.15) is 6.54 Å². The lowest BCUT2D eigenvalue weighted by atomic mass is 10.5. The number of aromatic nitrogens is 2. The third kappa shape index (κ3) is 5.77. The fourth-order valence-corrected chi connectivity index (χ4v) is 1.91. The number of thioether (sulfide) groups is 1. The van der Waals surface area contributed by atoms with Crippen molar-refractivity contribution in [2.45, 2.75) is 13.0 Å². The van der Waals surface area contributed by atoms with Crippen molar-refractivity contribution < 1.29 is 9.90 Å². The Kier molecular flexibility index (Phi) is 6.67. The van der Waals surface area contributed by atoms with Gasteiger partial charge in [0, 0.05) is 31.3 Å². The molecule has 0 saturated heterocycles. The van der Waals surface area contributed by atoms with Crippen molar-refractivity contribution in [1.29, 1.82) is 0 Å². The summed E-state index contributed by atoms with van der Waals surface area (Å²) in [7, 11) is 0. The zero-order valence-corrected chi connectivity index (χ0v) is 9.95. The molecule has 90 valence electrons. The molecule has 1 amide bonds. The van der Waals surface area contributed by atoms with Crippen LogP contribution in [0.1, 0.15) is 6.42 Å². The second kappa shape index (κ2) is 8.18. The standard InChI is InChI=1S/C10H17N3O2S/c14-6-2-7-16-8-4-11-10(15)9-13-5-1-3-12-13/h1,3,5,14H,2,4,6-9H2,(H,11,15). The van der Waals surface area contributed by atoms with Gasteiger partial charge in [0.25, 0.3) is 0 Å². The normalized spacial score (nSPS) is 10.3. The molecule has 5 nitrogen and oxygen atoms in total. The Balaban J connectivity index is 1.98. The number of carbonyl (C=O) groups excluding carboxylic acids is 1. The molecule has 6 heteroatoms. The maximum atomic E-state index is 11.4. The number of rotatable bonds is 8. The molecule has 0 bridgehead atoms. The molecule has 0 aliphatic carbocycles. The summed E-state index contributed by atoms with van der Waals surface area (Å²) >= 11 is 1.73. The molecule has 1 heterocycles. The first-order chi connectivity index (χ1) is 7.83. The van der Waals surface area contributed by atoms with Crippen LogP contribution in [0.5, 0.6) is 0 Å². The summed E-state index contributed by atoms with van der Waals surface area (Å²) in [6.07, 6.45) is 4.22. The number of aliphatic hydroxyl groups is 1. The zero-order chi connectivity index (χ0) is 11.6. The van der Waals surface area contributed by atoms with Crippen molar-refractivity contribution in [2.24, 2.45) is 0 Å². The van der Waals surface area contributed by atoms with E-state index >= 15 is 0 Å². The maximum Gasteiger partial charge on any atom is 0.241 e. The predicted molar refractivity (Wildman–Crippen MR) is 64.3 cm³/mol. The minimum atomic E-state index is -0.0218. The van der Waals surface area contributed by atoms with Gasteiger partial charge in [0.05, 0.1) is 0 Å². The summed E-state index contributed by atoms with van der Waals surface area (Å²) in [5.41, 5.74) is 0. The molecule has 0 fully saturated rings. The lowest BCUT2D eigenvalue weighted by molar-refractivity contribution is -0.121. The van der Waals surface area contributed by atoms with Crippen molar-refractivity contribution in [1.82, 2.24) is 15.1 Å². The summed E-state index contributed by atoms with van der Waals surface area (Å²) in [5.74, 6) is 1.79. The highest BCUT2D eigenvalue weighted by atomic mass is 32.2. The quantitative estimate of drug-likeness (QED) is 0.636. The molecule has 1 aromatic rings. The van der Waals surface area contributed by atoms with Gasteiger partial charge >= 0.3 is 0 Å². The molecule has 16 heavy (non-hydrogen) atoms. The molecule has 0 aliphatic heterocycles. The molecule has 0 unspecified atom stereocenters. The van der Waals surface area contributed by atoms with Gasteiger partial charge in [-0.2, -0.15) is 16.9 Å². The van der Waals surface area contributed by atoms with Crippen LogP contribution in [0.2, 0.25) is 0 Å². The minimum absolute atomic E-state index is 0.0218. The Morgan fingerprint density at radius 3 is 3.06 bits per heavy atom. The average Bonchev–Trinajstić information content (AvgIpc) is 2.76. The van der Waals surface area contributed by atoms with Crippen molar-refractivity contribution in [3.8, 4) is 0 Å². The highest BCUT2D eigenvalue weighted by Gasteiger charge is 2.01. The molecule has 0 saturated carbocycles. The van der Waals surface area contributed by atoms with Crippen molar-refractivity contribution in [3.63, 3.8) is 0 Å². The van der Waals surface area contributed by atoms with E-state index in [1.54, 1.807) is 34.9 Å². The Hall–Kier alpha value is -1.01. The summed E-state index contributed by atoms with van der Waals surface area (Å²) < 4.78 is 1.59. The second-order valence-corrected chi connectivity index (χ2v) is 4.47. The van der Waals surface area contributed by atoms with E-state index in [1.165, 1.54) is 0 Å². The molecule has 0 radical (unpaired) electrons. The van der Waals surface area contributed by atoms with Gasteiger partial charge in [-0.15, -0.1) is 0 Å². The van der Waals surface area contributed by atoms with E-state index < -0.39 is 0 Å². The fraction of sp³-hybridized carbons (Fsp3) is 0.600. The molecular weight excluding hydrogens is 226 g/mol. The van der Waals surface area contributed by atoms with E-state index in [4.69, 9.17) is 5.11 Å². The van der Waals surface area contributed by atoms with E-state index in [-0.39, 0.29) is 19.1 Å². The number of amides is 1. The van der Waals surface area contributed by atoms with Gasteiger partial charge < -0.3 is 10.4 Å². The third-order valence-electron chi connectivity index (χ3n) is 1.88. The molecule has 0 aliphatic rings. The van der Waals surface area contributed by atoms with Crippen molar-refractivity contribution in [3.05, 3.63) is 18.5 Å². The van der Waals surface area contributed by atoms with Gasteiger partial charge in [-0.05, 0) is 18.2 Å². The van der Waals surface area contributed by atoms with Crippen molar-refractivity contribution >= 4 is 17.7 Å². The largest absolute Gasteiger partial charge is 0.396 e. The van der Waals surface area contributed by atoms with Gasteiger partial charge in [-0.1, -0.05) is 0 Å². The number of nitrogens with zero attached hydrogens (tertiary/aromatic N) is 2. The van der Waals surface area contributed by atoms with Gasteiger partial charge in [-0.25, -0.2) is 0 Å². The first-order valence-electron chi connectivity index (χ1n) is 5.25. The van der Waals surface area contributed by atoms with Gasteiger partial charge in [0.15, 0.2) is 0 Å². The predicted octanol–water partition coefficient (Wildman–Crippen LogP) is 0.115. The van der Waals surface area contributed by atoms with Gasteiger partial charge in [0.2, 0.25) is 5.91 Å². The molecule has 0 aromatic carbocycles. The first kappa shape index (κ1) is 13.1. The van der Waals surface area contributed by atoms with Crippen LogP contribution in [-0.4, -0.2) is 45.5 Å².